The van der Waals surface area contributed by atoms with Crippen LogP contribution >= 0.6 is 0 Å². The van der Waals surface area contributed by atoms with E-state index in [0.29, 0.717) is 0 Å². The van der Waals surface area contributed by atoms with Crippen LogP contribution in [0.1, 0.15) is 43.7 Å². The molecule has 0 aliphatic heterocycles. The Labute approximate surface area is 363 Å². The van der Waals surface area contributed by atoms with E-state index in [0.717, 1.165) is 88.3 Å². The van der Waals surface area contributed by atoms with Gasteiger partial charge in [0.2, 0.25) is 0 Å². The largest absolute Gasteiger partial charge is 0.315 e. The first-order chi connectivity index (χ1) is 30.0. The number of aryl methyl sites for hydroxylation is 2. The average Bonchev–Trinajstić information content (AvgIpc) is 3.30. The van der Waals surface area contributed by atoms with Crippen LogP contribution in [0.25, 0.3) is 0 Å². The molecule has 7 aromatic carbocycles. The summed E-state index contributed by atoms with van der Waals surface area (Å²) in [6.45, 7) is 10.9. The topological polar surface area (TPSA) is 13.0 Å². The third-order valence-corrected chi connectivity index (χ3v) is 11.0. The molecule has 0 aromatic heterocycles. The highest BCUT2D eigenvalue weighted by molar-refractivity contribution is 5.83. The Kier molecular flexibility index (Phi) is 12.7. The van der Waals surface area contributed by atoms with E-state index in [2.05, 4.69) is 259 Å². The first-order valence-corrected chi connectivity index (χ1v) is 21.4. The Morgan fingerprint density at radius 1 is 0.475 bits per heavy atom. The molecule has 0 heterocycles. The maximum atomic E-state index is 4.55. The van der Waals surface area contributed by atoms with Crippen molar-refractivity contribution < 1.29 is 0 Å². The summed E-state index contributed by atoms with van der Waals surface area (Å²) >= 11 is 0. The van der Waals surface area contributed by atoms with Crippen LogP contribution in [-0.4, -0.2) is 0 Å². The Hall–Kier alpha value is -7.30. The van der Waals surface area contributed by atoms with Crippen LogP contribution in [0.4, 0.5) is 56.9 Å². The van der Waals surface area contributed by atoms with Crippen molar-refractivity contribution in [3.63, 3.8) is 0 Å². The molecule has 0 N–H and O–H groups in total. The summed E-state index contributed by atoms with van der Waals surface area (Å²) in [5, 5.41) is 0. The lowest BCUT2D eigenvalue weighted by atomic mass is 10.1. The quantitative estimate of drug-likeness (QED) is 0.0959. The van der Waals surface area contributed by atoms with Gasteiger partial charge in [-0.2, -0.15) is 0 Å². The van der Waals surface area contributed by atoms with Crippen LogP contribution in [0.5, 0.6) is 0 Å². The number of hydrogen-bond donors (Lipinski definition) is 0. The molecule has 0 saturated heterocycles. The summed E-state index contributed by atoms with van der Waals surface area (Å²) in [7, 11) is 0. The van der Waals surface area contributed by atoms with Crippen molar-refractivity contribution in [1.29, 1.82) is 0 Å². The van der Waals surface area contributed by atoms with E-state index in [-0.39, 0.29) is 0 Å². The van der Waals surface area contributed by atoms with Gasteiger partial charge in [-0.25, -0.2) is 0 Å². The molecular formula is C57H54N4. The van der Waals surface area contributed by atoms with Crippen molar-refractivity contribution in [2.45, 2.75) is 46.5 Å². The van der Waals surface area contributed by atoms with Gasteiger partial charge in [0, 0.05) is 68.3 Å². The van der Waals surface area contributed by atoms with Crippen molar-refractivity contribution in [3.05, 3.63) is 241 Å². The highest BCUT2D eigenvalue weighted by Gasteiger charge is 2.20. The molecule has 4 nitrogen and oxygen atoms in total. The number of hydrogen-bond acceptors (Lipinski definition) is 4. The fraction of sp³-hybridized carbons (Fsp3) is 0.123. The molecule has 61 heavy (non-hydrogen) atoms. The molecule has 0 saturated carbocycles. The molecule has 0 radical (unpaired) electrons. The molecule has 0 fully saturated rings. The first-order valence-electron chi connectivity index (χ1n) is 21.4. The third-order valence-electron chi connectivity index (χ3n) is 11.0. The molecule has 302 valence electrons. The number of allylic oxidation sites excluding steroid dienone is 6. The zero-order valence-electron chi connectivity index (χ0n) is 35.5. The summed E-state index contributed by atoms with van der Waals surface area (Å²) in [4.78, 5) is 9.31. The number of para-hydroxylation sites is 2. The van der Waals surface area contributed by atoms with Gasteiger partial charge >= 0.3 is 0 Å². The maximum Gasteiger partial charge on any atom is 0.0464 e. The smallest absolute Gasteiger partial charge is 0.0464 e. The minimum atomic E-state index is 0.862. The molecule has 7 aromatic rings. The first kappa shape index (κ1) is 40.5. The zero-order chi connectivity index (χ0) is 42.0. The third kappa shape index (κ3) is 9.45. The number of nitrogens with zero attached hydrogens (tertiary/aromatic N) is 4. The lowest BCUT2D eigenvalue weighted by molar-refractivity contribution is 0.937. The molecule has 0 bridgehead atoms. The monoisotopic (exact) mass is 794 g/mol. The van der Waals surface area contributed by atoms with Crippen LogP contribution in [-0.2, 0) is 0 Å². The minimum Gasteiger partial charge on any atom is -0.315 e. The van der Waals surface area contributed by atoms with Gasteiger partial charge < -0.3 is 19.6 Å². The predicted octanol–water partition coefficient (Wildman–Crippen LogP) is 16.6. The summed E-state index contributed by atoms with van der Waals surface area (Å²) in [6.07, 6.45) is 15.1. The molecule has 0 amide bonds. The molecule has 0 atom stereocenters. The Morgan fingerprint density at radius 2 is 0.885 bits per heavy atom. The zero-order valence-corrected chi connectivity index (χ0v) is 35.5. The average molecular weight is 795 g/mol. The fourth-order valence-corrected chi connectivity index (χ4v) is 8.09. The van der Waals surface area contributed by atoms with Crippen LogP contribution in [0.3, 0.4) is 0 Å². The van der Waals surface area contributed by atoms with E-state index in [1.807, 2.05) is 0 Å². The maximum absolute atomic E-state index is 4.55. The van der Waals surface area contributed by atoms with E-state index in [1.165, 1.54) is 16.8 Å². The second-order valence-electron chi connectivity index (χ2n) is 15.5. The highest BCUT2D eigenvalue weighted by Crippen LogP contribution is 2.42. The predicted molar refractivity (Wildman–Crippen MR) is 262 cm³/mol. The molecule has 8 rings (SSSR count). The summed E-state index contributed by atoms with van der Waals surface area (Å²) < 4.78 is 0. The van der Waals surface area contributed by atoms with Crippen molar-refractivity contribution in [3.8, 4) is 0 Å². The molecule has 4 heteroatoms. The molecule has 0 spiro atoms. The van der Waals surface area contributed by atoms with E-state index < -0.39 is 0 Å². The lowest BCUT2D eigenvalue weighted by Gasteiger charge is -2.31. The summed E-state index contributed by atoms with van der Waals surface area (Å²) in [5.74, 6) is 0. The van der Waals surface area contributed by atoms with E-state index >= 15 is 0 Å². The Balaban J connectivity index is 1.20. The second kappa shape index (κ2) is 19.2. The van der Waals surface area contributed by atoms with Crippen LogP contribution in [0.2, 0.25) is 0 Å². The number of anilines is 10. The van der Waals surface area contributed by atoms with Crippen LogP contribution in [0, 0.1) is 13.8 Å². The minimum absolute atomic E-state index is 0.862. The number of benzene rings is 7. The summed E-state index contributed by atoms with van der Waals surface area (Å²) in [5.41, 5.74) is 15.6. The van der Waals surface area contributed by atoms with Gasteiger partial charge in [-0.05, 0) is 185 Å². The van der Waals surface area contributed by atoms with Crippen molar-refractivity contribution in [1.82, 2.24) is 0 Å². The molecular weight excluding hydrogens is 741 g/mol. The van der Waals surface area contributed by atoms with Crippen molar-refractivity contribution >= 4 is 56.9 Å². The van der Waals surface area contributed by atoms with Gasteiger partial charge in [-0.15, -0.1) is 0 Å². The van der Waals surface area contributed by atoms with Gasteiger partial charge in [0.25, 0.3) is 0 Å². The van der Waals surface area contributed by atoms with Gasteiger partial charge in [-0.1, -0.05) is 91.5 Å². The Bertz CT molecular complexity index is 2620. The van der Waals surface area contributed by atoms with Gasteiger partial charge in [-0.3, -0.25) is 0 Å². The van der Waals surface area contributed by atoms with Gasteiger partial charge in [0.15, 0.2) is 0 Å². The standard InChI is InChI=1S/C57H54N4/c1-5-6-10-21-46(4)58(47-22-11-7-12-23-47)50-30-32-51(33-31-50)59(52-34-38-54(39-35-52)60(48-24-13-8-14-25-48)56-28-17-19-44(2)42-56)53-36-40-55(41-37-53)61(49-26-15-9-16-27-49)57-29-18-20-45(3)43-57/h5-8,11-15,17-20,22-43H,4,9-10,16,21H2,1-3H3. The SMILES string of the molecule is C=C(CCC=CC)N(c1ccccc1)c1ccc(N(c2ccc(N(C3=CCCC=C3)c3cccc(C)c3)cc2)c2ccc(N(c3ccccc3)c3cccc(C)c3)cc2)cc1. The van der Waals surface area contributed by atoms with Crippen LogP contribution in [0.15, 0.2) is 230 Å². The van der Waals surface area contributed by atoms with E-state index in [1.54, 1.807) is 0 Å². The fourth-order valence-electron chi connectivity index (χ4n) is 8.09. The number of rotatable bonds is 15. The second-order valence-corrected chi connectivity index (χ2v) is 15.5. The molecule has 1 aliphatic rings. The van der Waals surface area contributed by atoms with E-state index in [9.17, 15) is 0 Å². The van der Waals surface area contributed by atoms with Crippen molar-refractivity contribution in [2.75, 3.05) is 19.6 Å². The van der Waals surface area contributed by atoms with Gasteiger partial charge in [0.1, 0.15) is 0 Å². The molecule has 1 aliphatic carbocycles. The van der Waals surface area contributed by atoms with Crippen LogP contribution < -0.4 is 19.6 Å². The van der Waals surface area contributed by atoms with Gasteiger partial charge in [0.05, 0.1) is 0 Å². The lowest BCUT2D eigenvalue weighted by Crippen LogP contribution is -2.17. The normalized spacial score (nSPS) is 12.2. The summed E-state index contributed by atoms with van der Waals surface area (Å²) in [6, 6.07) is 65.4. The molecule has 0 unspecified atom stereocenters. The Morgan fingerprint density at radius 3 is 1.36 bits per heavy atom. The van der Waals surface area contributed by atoms with E-state index in [4.69, 9.17) is 0 Å². The highest BCUT2D eigenvalue weighted by atomic mass is 15.2. The van der Waals surface area contributed by atoms with Crippen molar-refractivity contribution in [2.24, 2.45) is 0 Å².